The fourth-order valence-electron chi connectivity index (χ4n) is 2.42. The van der Waals surface area contributed by atoms with Crippen LogP contribution in [0.5, 0.6) is 5.75 Å². The number of hydrogen-bond acceptors (Lipinski definition) is 4. The molecule has 1 fully saturated rings. The van der Waals surface area contributed by atoms with E-state index in [9.17, 15) is 8.42 Å². The van der Waals surface area contributed by atoms with E-state index >= 15 is 0 Å². The van der Waals surface area contributed by atoms with Crippen molar-refractivity contribution in [2.45, 2.75) is 30.3 Å². The molecule has 106 valence electrons. The van der Waals surface area contributed by atoms with E-state index in [4.69, 9.17) is 4.74 Å². The fraction of sp³-hybridized carbons (Fsp3) is 0.571. The lowest BCUT2D eigenvalue weighted by atomic mass is 10.2. The first kappa shape index (κ1) is 14.3. The lowest BCUT2D eigenvalue weighted by molar-refractivity contribution is 0.414. The Kier molecular flexibility index (Phi) is 4.82. The zero-order valence-electron chi connectivity index (χ0n) is 11.3. The van der Waals surface area contributed by atoms with Crippen LogP contribution in [0.4, 0.5) is 0 Å². The summed E-state index contributed by atoms with van der Waals surface area (Å²) in [6, 6.07) is 7.26. The monoisotopic (exact) mass is 283 g/mol. The van der Waals surface area contributed by atoms with E-state index in [1.165, 1.54) is 0 Å². The van der Waals surface area contributed by atoms with Crippen LogP contribution < -0.4 is 10.1 Å². The van der Waals surface area contributed by atoms with Gasteiger partial charge in [-0.25, -0.2) is 8.42 Å². The van der Waals surface area contributed by atoms with Crippen LogP contribution in [0.3, 0.4) is 0 Å². The Morgan fingerprint density at radius 3 is 2.63 bits per heavy atom. The topological polar surface area (TPSA) is 55.4 Å². The molecule has 0 spiro atoms. The van der Waals surface area contributed by atoms with Gasteiger partial charge in [0, 0.05) is 0 Å². The molecule has 0 bridgehead atoms. The quantitative estimate of drug-likeness (QED) is 0.914. The van der Waals surface area contributed by atoms with Crippen LogP contribution in [-0.4, -0.2) is 33.9 Å². The molecule has 0 aliphatic carbocycles. The van der Waals surface area contributed by atoms with Crippen molar-refractivity contribution in [2.24, 2.45) is 0 Å². The Labute approximate surface area is 115 Å². The maximum Gasteiger partial charge on any atom is 0.157 e. The van der Waals surface area contributed by atoms with Crippen molar-refractivity contribution in [3.63, 3.8) is 0 Å². The van der Waals surface area contributed by atoms with Gasteiger partial charge in [0.05, 0.1) is 18.1 Å². The van der Waals surface area contributed by atoms with E-state index in [1.807, 2.05) is 12.1 Å². The standard InChI is InChI=1S/C14H21NO3S/c1-18-13-6-4-12(5-7-13)11-19(16,17)14-3-2-9-15-10-8-14/h4-7,14-15H,2-3,8-11H2,1H3. The molecule has 1 aromatic rings. The van der Waals surface area contributed by atoms with Crippen LogP contribution in [0.2, 0.25) is 0 Å². The van der Waals surface area contributed by atoms with Crippen molar-refractivity contribution < 1.29 is 13.2 Å². The molecule has 0 radical (unpaired) electrons. The highest BCUT2D eigenvalue weighted by Crippen LogP contribution is 2.20. The molecule has 5 heteroatoms. The second-order valence-electron chi connectivity index (χ2n) is 4.96. The van der Waals surface area contributed by atoms with Crippen molar-refractivity contribution in [1.29, 1.82) is 0 Å². The number of rotatable bonds is 4. The number of benzene rings is 1. The van der Waals surface area contributed by atoms with Gasteiger partial charge in [-0.05, 0) is 50.0 Å². The van der Waals surface area contributed by atoms with Gasteiger partial charge in [0.1, 0.15) is 5.75 Å². The van der Waals surface area contributed by atoms with Crippen molar-refractivity contribution in [3.05, 3.63) is 29.8 Å². The highest BCUT2D eigenvalue weighted by Gasteiger charge is 2.26. The van der Waals surface area contributed by atoms with E-state index in [2.05, 4.69) is 5.32 Å². The van der Waals surface area contributed by atoms with E-state index in [1.54, 1.807) is 19.2 Å². The van der Waals surface area contributed by atoms with Crippen molar-refractivity contribution in [1.82, 2.24) is 5.32 Å². The zero-order chi connectivity index (χ0) is 13.7. The molecule has 1 heterocycles. The van der Waals surface area contributed by atoms with Gasteiger partial charge in [-0.3, -0.25) is 0 Å². The molecular weight excluding hydrogens is 262 g/mol. The highest BCUT2D eigenvalue weighted by atomic mass is 32.2. The largest absolute Gasteiger partial charge is 0.497 e. The fourth-order valence-corrected chi connectivity index (χ4v) is 4.31. The summed E-state index contributed by atoms with van der Waals surface area (Å²) in [5.74, 6) is 0.876. The summed E-state index contributed by atoms with van der Waals surface area (Å²) in [6.45, 7) is 1.72. The average Bonchev–Trinajstić information content (AvgIpc) is 2.68. The third-order valence-electron chi connectivity index (χ3n) is 3.56. The molecule has 2 rings (SSSR count). The average molecular weight is 283 g/mol. The smallest absolute Gasteiger partial charge is 0.157 e. The van der Waals surface area contributed by atoms with Crippen LogP contribution >= 0.6 is 0 Å². The molecule has 0 amide bonds. The predicted molar refractivity (Wildman–Crippen MR) is 76.1 cm³/mol. The van der Waals surface area contributed by atoms with Gasteiger partial charge in [-0.2, -0.15) is 0 Å². The van der Waals surface area contributed by atoms with Crippen LogP contribution in [0, 0.1) is 0 Å². The Hall–Kier alpha value is -1.07. The summed E-state index contributed by atoms with van der Waals surface area (Å²) in [6.07, 6.45) is 2.43. The van der Waals surface area contributed by atoms with Crippen molar-refractivity contribution in [2.75, 3.05) is 20.2 Å². The minimum absolute atomic E-state index is 0.127. The number of nitrogens with one attached hydrogen (secondary N) is 1. The molecule has 0 aromatic heterocycles. The molecule has 19 heavy (non-hydrogen) atoms. The third-order valence-corrected chi connectivity index (χ3v) is 5.78. The van der Waals surface area contributed by atoms with Gasteiger partial charge in [-0.15, -0.1) is 0 Å². The third kappa shape index (κ3) is 3.94. The Bertz CT molecular complexity index is 488. The Morgan fingerprint density at radius 1 is 1.21 bits per heavy atom. The molecule has 1 aliphatic heterocycles. The van der Waals surface area contributed by atoms with Crippen LogP contribution in [0.1, 0.15) is 24.8 Å². The van der Waals surface area contributed by atoms with Gasteiger partial charge >= 0.3 is 0 Å². The predicted octanol–water partition coefficient (Wildman–Crippen LogP) is 1.75. The molecule has 1 aliphatic rings. The van der Waals surface area contributed by atoms with Crippen molar-refractivity contribution >= 4 is 9.84 Å². The molecule has 1 atom stereocenters. The molecule has 4 nitrogen and oxygen atoms in total. The molecule has 1 saturated heterocycles. The summed E-state index contributed by atoms with van der Waals surface area (Å²) in [5.41, 5.74) is 0.831. The summed E-state index contributed by atoms with van der Waals surface area (Å²) in [5, 5.41) is 3.04. The maximum atomic E-state index is 12.4. The van der Waals surface area contributed by atoms with Crippen molar-refractivity contribution in [3.8, 4) is 5.75 Å². The summed E-state index contributed by atoms with van der Waals surface area (Å²) in [4.78, 5) is 0. The molecule has 1 N–H and O–H groups in total. The first-order chi connectivity index (χ1) is 9.12. The molecule has 1 unspecified atom stereocenters. The Balaban J connectivity index is 2.06. The second kappa shape index (κ2) is 6.39. The lowest BCUT2D eigenvalue weighted by Crippen LogP contribution is -2.24. The number of sulfone groups is 1. The minimum atomic E-state index is -3.06. The normalized spacial score (nSPS) is 20.8. The number of ether oxygens (including phenoxy) is 1. The van der Waals surface area contributed by atoms with E-state index < -0.39 is 9.84 Å². The number of methoxy groups -OCH3 is 1. The molecular formula is C14H21NO3S. The van der Waals surface area contributed by atoms with Gasteiger partial charge in [0.15, 0.2) is 9.84 Å². The van der Waals surface area contributed by atoms with E-state index in [-0.39, 0.29) is 11.0 Å². The zero-order valence-corrected chi connectivity index (χ0v) is 12.1. The van der Waals surface area contributed by atoms with Gasteiger partial charge < -0.3 is 10.1 Å². The molecule has 0 saturated carbocycles. The van der Waals surface area contributed by atoms with Gasteiger partial charge in [0.2, 0.25) is 0 Å². The Morgan fingerprint density at radius 2 is 1.95 bits per heavy atom. The van der Waals surface area contributed by atoms with Crippen LogP contribution in [0.25, 0.3) is 0 Å². The molecule has 1 aromatic carbocycles. The van der Waals surface area contributed by atoms with E-state index in [0.29, 0.717) is 0 Å². The number of hydrogen-bond donors (Lipinski definition) is 1. The summed E-state index contributed by atoms with van der Waals surface area (Å²) in [7, 11) is -1.46. The first-order valence-electron chi connectivity index (χ1n) is 6.67. The summed E-state index contributed by atoms with van der Waals surface area (Å²) < 4.78 is 29.9. The maximum absolute atomic E-state index is 12.4. The van der Waals surface area contributed by atoms with Crippen LogP contribution in [-0.2, 0) is 15.6 Å². The van der Waals surface area contributed by atoms with E-state index in [0.717, 1.165) is 43.7 Å². The SMILES string of the molecule is COc1ccc(CS(=O)(=O)C2CCCNCC2)cc1. The highest BCUT2D eigenvalue weighted by molar-refractivity contribution is 7.91. The van der Waals surface area contributed by atoms with Gasteiger partial charge in [0.25, 0.3) is 0 Å². The van der Waals surface area contributed by atoms with Gasteiger partial charge in [-0.1, -0.05) is 12.1 Å². The first-order valence-corrected chi connectivity index (χ1v) is 8.38. The second-order valence-corrected chi connectivity index (χ2v) is 7.24. The lowest BCUT2D eigenvalue weighted by Gasteiger charge is -2.15. The van der Waals surface area contributed by atoms with Crippen LogP contribution in [0.15, 0.2) is 24.3 Å². The minimum Gasteiger partial charge on any atom is -0.497 e. The summed E-state index contributed by atoms with van der Waals surface area (Å²) >= 11 is 0.